The number of hydrogen-bond acceptors (Lipinski definition) is 2. The van der Waals surface area contributed by atoms with Gasteiger partial charge in [0.2, 0.25) is 0 Å². The summed E-state index contributed by atoms with van der Waals surface area (Å²) in [6.07, 6.45) is -5.94. The smallest absolute Gasteiger partial charge is 0.369 e. The molecule has 0 radical (unpaired) electrons. The molecule has 0 rings (SSSR count). The van der Waals surface area contributed by atoms with Crippen molar-refractivity contribution in [3.05, 3.63) is 0 Å². The standard InChI is InChI=1S/C10H20F3NO/c1-7(2)14-5-8(3)6-15-9(4)10(11,12)13/h7-9,14H,5-6H2,1-4H3. The van der Waals surface area contributed by atoms with E-state index in [4.69, 9.17) is 4.74 Å². The highest BCUT2D eigenvalue weighted by Gasteiger charge is 2.36. The monoisotopic (exact) mass is 227 g/mol. The third-order valence-corrected chi connectivity index (χ3v) is 1.97. The molecule has 0 aromatic carbocycles. The lowest BCUT2D eigenvalue weighted by Crippen LogP contribution is -2.33. The van der Waals surface area contributed by atoms with Crippen molar-refractivity contribution < 1.29 is 17.9 Å². The van der Waals surface area contributed by atoms with Crippen LogP contribution in [-0.2, 0) is 4.74 Å². The molecular weight excluding hydrogens is 207 g/mol. The molecule has 0 bridgehead atoms. The van der Waals surface area contributed by atoms with Crippen LogP contribution in [-0.4, -0.2) is 31.5 Å². The second-order valence-corrected chi connectivity index (χ2v) is 4.19. The lowest BCUT2D eigenvalue weighted by Gasteiger charge is -2.20. The van der Waals surface area contributed by atoms with Gasteiger partial charge in [0, 0.05) is 12.6 Å². The molecule has 0 aromatic heterocycles. The molecule has 2 atom stereocenters. The first-order chi connectivity index (χ1) is 6.73. The fraction of sp³-hybridized carbons (Fsp3) is 1.00. The minimum atomic E-state index is -4.26. The second kappa shape index (κ2) is 6.33. The third kappa shape index (κ3) is 7.62. The molecule has 1 N–H and O–H groups in total. The van der Waals surface area contributed by atoms with Crippen molar-refractivity contribution in [2.24, 2.45) is 5.92 Å². The van der Waals surface area contributed by atoms with E-state index in [9.17, 15) is 13.2 Å². The molecule has 92 valence electrons. The summed E-state index contributed by atoms with van der Waals surface area (Å²) in [6.45, 7) is 7.67. The molecule has 0 saturated carbocycles. The Bertz CT molecular complexity index is 171. The van der Waals surface area contributed by atoms with Gasteiger partial charge in [0.05, 0.1) is 6.61 Å². The van der Waals surface area contributed by atoms with Gasteiger partial charge in [-0.3, -0.25) is 0 Å². The summed E-state index contributed by atoms with van der Waals surface area (Å²) >= 11 is 0. The van der Waals surface area contributed by atoms with E-state index in [1.807, 2.05) is 20.8 Å². The summed E-state index contributed by atoms with van der Waals surface area (Å²) < 4.78 is 41.0. The van der Waals surface area contributed by atoms with Crippen LogP contribution in [0.15, 0.2) is 0 Å². The van der Waals surface area contributed by atoms with E-state index in [-0.39, 0.29) is 12.5 Å². The molecule has 0 saturated heterocycles. The summed E-state index contributed by atoms with van der Waals surface area (Å²) in [5.41, 5.74) is 0. The van der Waals surface area contributed by atoms with Crippen molar-refractivity contribution in [3.8, 4) is 0 Å². The lowest BCUT2D eigenvalue weighted by molar-refractivity contribution is -0.216. The summed E-state index contributed by atoms with van der Waals surface area (Å²) in [5.74, 6) is 0.0807. The largest absolute Gasteiger partial charge is 0.414 e. The van der Waals surface area contributed by atoms with Gasteiger partial charge in [0.15, 0.2) is 6.10 Å². The van der Waals surface area contributed by atoms with Crippen molar-refractivity contribution in [1.29, 1.82) is 0 Å². The van der Waals surface area contributed by atoms with Crippen LogP contribution in [0.4, 0.5) is 13.2 Å². The zero-order valence-electron chi connectivity index (χ0n) is 9.69. The number of alkyl halides is 3. The molecule has 5 heteroatoms. The van der Waals surface area contributed by atoms with E-state index in [1.54, 1.807) is 0 Å². The van der Waals surface area contributed by atoms with E-state index < -0.39 is 12.3 Å². The fourth-order valence-corrected chi connectivity index (χ4v) is 0.899. The number of ether oxygens (including phenoxy) is 1. The van der Waals surface area contributed by atoms with Gasteiger partial charge in [0.25, 0.3) is 0 Å². The number of nitrogens with one attached hydrogen (secondary N) is 1. The van der Waals surface area contributed by atoms with Crippen molar-refractivity contribution in [3.63, 3.8) is 0 Å². The van der Waals surface area contributed by atoms with Crippen LogP contribution in [0.25, 0.3) is 0 Å². The van der Waals surface area contributed by atoms with Crippen LogP contribution < -0.4 is 5.32 Å². The van der Waals surface area contributed by atoms with Crippen LogP contribution in [0.1, 0.15) is 27.7 Å². The minimum absolute atomic E-state index is 0.0807. The van der Waals surface area contributed by atoms with Crippen LogP contribution >= 0.6 is 0 Å². The van der Waals surface area contributed by atoms with Gasteiger partial charge in [0.1, 0.15) is 0 Å². The topological polar surface area (TPSA) is 21.3 Å². The van der Waals surface area contributed by atoms with Crippen molar-refractivity contribution >= 4 is 0 Å². The molecule has 0 spiro atoms. The molecule has 15 heavy (non-hydrogen) atoms. The predicted octanol–water partition coefficient (Wildman–Crippen LogP) is 2.59. The Balaban J connectivity index is 3.66. The Labute approximate surface area is 89.2 Å². The summed E-state index contributed by atoms with van der Waals surface area (Å²) in [6, 6.07) is 0.340. The van der Waals surface area contributed by atoms with Gasteiger partial charge < -0.3 is 10.1 Å². The number of halogens is 3. The molecular formula is C10H20F3NO. The van der Waals surface area contributed by atoms with Gasteiger partial charge in [-0.25, -0.2) is 0 Å². The molecule has 0 aliphatic rings. The van der Waals surface area contributed by atoms with E-state index in [1.165, 1.54) is 0 Å². The van der Waals surface area contributed by atoms with Crippen molar-refractivity contribution in [1.82, 2.24) is 5.32 Å². The maximum absolute atomic E-state index is 12.1. The zero-order chi connectivity index (χ0) is 12.1. The Morgan fingerprint density at radius 3 is 2.07 bits per heavy atom. The van der Waals surface area contributed by atoms with Crippen LogP contribution in [0.5, 0.6) is 0 Å². The molecule has 0 amide bonds. The first-order valence-electron chi connectivity index (χ1n) is 5.15. The molecule has 0 aliphatic carbocycles. The highest BCUT2D eigenvalue weighted by Crippen LogP contribution is 2.22. The Kier molecular flexibility index (Phi) is 6.20. The Morgan fingerprint density at radius 1 is 1.13 bits per heavy atom. The van der Waals surface area contributed by atoms with Crippen LogP contribution in [0, 0.1) is 5.92 Å². The normalized spacial score (nSPS) is 16.8. The highest BCUT2D eigenvalue weighted by molar-refractivity contribution is 4.64. The van der Waals surface area contributed by atoms with Gasteiger partial charge in [-0.1, -0.05) is 20.8 Å². The van der Waals surface area contributed by atoms with E-state index in [2.05, 4.69) is 5.32 Å². The minimum Gasteiger partial charge on any atom is -0.369 e. The SMILES string of the molecule is CC(CNC(C)C)COC(C)C(F)(F)F. The van der Waals surface area contributed by atoms with E-state index in [0.29, 0.717) is 12.6 Å². The Hall–Kier alpha value is -0.290. The van der Waals surface area contributed by atoms with Crippen molar-refractivity contribution in [2.75, 3.05) is 13.2 Å². The first-order valence-corrected chi connectivity index (χ1v) is 5.15. The maximum atomic E-state index is 12.1. The summed E-state index contributed by atoms with van der Waals surface area (Å²) in [4.78, 5) is 0. The quantitative estimate of drug-likeness (QED) is 0.753. The predicted molar refractivity (Wildman–Crippen MR) is 53.8 cm³/mol. The molecule has 0 fully saturated rings. The molecule has 0 heterocycles. The Morgan fingerprint density at radius 2 is 1.67 bits per heavy atom. The maximum Gasteiger partial charge on any atom is 0.414 e. The average Bonchev–Trinajstić information content (AvgIpc) is 2.09. The van der Waals surface area contributed by atoms with Crippen molar-refractivity contribution in [2.45, 2.75) is 46.0 Å². The van der Waals surface area contributed by atoms with Gasteiger partial charge >= 0.3 is 6.18 Å². The van der Waals surface area contributed by atoms with Crippen LogP contribution in [0.2, 0.25) is 0 Å². The van der Waals surface area contributed by atoms with E-state index in [0.717, 1.165) is 6.92 Å². The lowest BCUT2D eigenvalue weighted by atomic mass is 10.2. The summed E-state index contributed by atoms with van der Waals surface area (Å²) in [5, 5.41) is 3.15. The molecule has 0 aromatic rings. The molecule has 0 aliphatic heterocycles. The average molecular weight is 227 g/mol. The first kappa shape index (κ1) is 14.7. The van der Waals surface area contributed by atoms with Gasteiger partial charge in [-0.15, -0.1) is 0 Å². The molecule has 2 nitrogen and oxygen atoms in total. The highest BCUT2D eigenvalue weighted by atomic mass is 19.4. The fourth-order valence-electron chi connectivity index (χ4n) is 0.899. The van der Waals surface area contributed by atoms with Gasteiger partial charge in [-0.2, -0.15) is 13.2 Å². The van der Waals surface area contributed by atoms with E-state index >= 15 is 0 Å². The number of rotatable bonds is 6. The third-order valence-electron chi connectivity index (χ3n) is 1.97. The van der Waals surface area contributed by atoms with Crippen LogP contribution in [0.3, 0.4) is 0 Å². The van der Waals surface area contributed by atoms with Gasteiger partial charge in [-0.05, 0) is 12.8 Å². The zero-order valence-corrected chi connectivity index (χ0v) is 9.69. The second-order valence-electron chi connectivity index (χ2n) is 4.19. The number of hydrogen-bond donors (Lipinski definition) is 1. The molecule has 2 unspecified atom stereocenters. The summed E-state index contributed by atoms with van der Waals surface area (Å²) in [7, 11) is 0.